The van der Waals surface area contributed by atoms with Crippen LogP contribution >= 0.6 is 0 Å². The minimum Gasteiger partial charge on any atom is -0.508 e. The fraction of sp³-hybridized carbons (Fsp3) is 0.0357. The third kappa shape index (κ3) is 2.79. The highest BCUT2D eigenvalue weighted by Crippen LogP contribution is 2.48. The smallest absolute Gasteiger partial charge is 0.228 e. The van der Waals surface area contributed by atoms with Crippen LogP contribution in [0.2, 0.25) is 0 Å². The molecule has 0 saturated carbocycles. The van der Waals surface area contributed by atoms with Crippen LogP contribution in [-0.4, -0.2) is 24.7 Å². The molecule has 0 unspecified atom stereocenters. The van der Waals surface area contributed by atoms with Gasteiger partial charge in [-0.15, -0.1) is 5.10 Å². The number of ether oxygens (including phenoxy) is 1. The topological polar surface area (TPSA) is 72.5 Å². The predicted octanol–water partition coefficient (Wildman–Crippen LogP) is 5.94. The Labute approximate surface area is 194 Å². The van der Waals surface area contributed by atoms with Crippen LogP contribution < -0.4 is 4.74 Å². The first-order valence-electron chi connectivity index (χ1n) is 11.1. The highest BCUT2D eigenvalue weighted by atomic mass is 16.5. The quantitative estimate of drug-likeness (QED) is 0.359. The molecule has 0 fully saturated rings. The molecule has 1 aliphatic heterocycles. The number of rotatable bonds is 2. The molecule has 0 saturated heterocycles. The van der Waals surface area contributed by atoms with E-state index in [0.717, 1.165) is 33.0 Å². The zero-order chi connectivity index (χ0) is 22.6. The average molecular weight is 442 g/mol. The Morgan fingerprint density at radius 1 is 0.853 bits per heavy atom. The number of hydrogen-bond donors (Lipinski definition) is 1. The number of phenolic OH excluding ortho intramolecular Hbond substituents is 1. The van der Waals surface area contributed by atoms with Gasteiger partial charge in [0.1, 0.15) is 17.8 Å². The van der Waals surface area contributed by atoms with E-state index in [4.69, 9.17) is 14.8 Å². The Morgan fingerprint density at radius 3 is 2.59 bits per heavy atom. The van der Waals surface area contributed by atoms with E-state index in [1.807, 2.05) is 48.5 Å². The van der Waals surface area contributed by atoms with E-state index < -0.39 is 0 Å². The van der Waals surface area contributed by atoms with Gasteiger partial charge in [0, 0.05) is 23.1 Å². The number of phenols is 1. The first kappa shape index (κ1) is 18.8. The van der Waals surface area contributed by atoms with Crippen molar-refractivity contribution < 1.29 is 9.84 Å². The summed E-state index contributed by atoms with van der Waals surface area (Å²) >= 11 is 0. The SMILES string of the molecule is Oc1ccc2c(c1)Oc1ncn3nc(-c4cccc5ccccc45)nc3c1[C@@H]2c1ccccc1. The zero-order valence-corrected chi connectivity index (χ0v) is 18.0. The Morgan fingerprint density at radius 2 is 1.68 bits per heavy atom. The molecular weight excluding hydrogens is 424 g/mol. The van der Waals surface area contributed by atoms with Gasteiger partial charge in [-0.25, -0.2) is 14.5 Å². The molecule has 0 aliphatic carbocycles. The normalized spacial score (nSPS) is 14.5. The van der Waals surface area contributed by atoms with Crippen molar-refractivity contribution in [3.8, 4) is 28.8 Å². The van der Waals surface area contributed by atoms with Gasteiger partial charge in [-0.3, -0.25) is 0 Å². The second-order valence-corrected chi connectivity index (χ2v) is 8.36. The minimum atomic E-state index is -0.165. The molecule has 0 amide bonds. The number of fused-ring (bicyclic) bond motifs is 5. The van der Waals surface area contributed by atoms with Crippen molar-refractivity contribution in [2.75, 3.05) is 0 Å². The average Bonchev–Trinajstić information content (AvgIpc) is 3.32. The molecule has 6 aromatic rings. The molecule has 34 heavy (non-hydrogen) atoms. The molecule has 3 heterocycles. The third-order valence-electron chi connectivity index (χ3n) is 6.35. The molecule has 1 atom stereocenters. The monoisotopic (exact) mass is 442 g/mol. The minimum absolute atomic E-state index is 0.149. The van der Waals surface area contributed by atoms with Crippen LogP contribution in [0.3, 0.4) is 0 Å². The molecular formula is C28H18N4O2. The van der Waals surface area contributed by atoms with Crippen molar-refractivity contribution >= 4 is 16.4 Å². The fourth-order valence-corrected chi connectivity index (χ4v) is 4.83. The summed E-state index contributed by atoms with van der Waals surface area (Å²) in [5.74, 6) is 1.68. The predicted molar refractivity (Wildman–Crippen MR) is 129 cm³/mol. The van der Waals surface area contributed by atoms with E-state index in [-0.39, 0.29) is 11.7 Å². The molecule has 0 radical (unpaired) electrons. The van der Waals surface area contributed by atoms with Crippen LogP contribution in [0.5, 0.6) is 17.4 Å². The van der Waals surface area contributed by atoms with Gasteiger partial charge in [-0.1, -0.05) is 78.9 Å². The van der Waals surface area contributed by atoms with Crippen molar-refractivity contribution in [2.45, 2.75) is 5.92 Å². The molecule has 7 rings (SSSR count). The van der Waals surface area contributed by atoms with Gasteiger partial charge in [0.25, 0.3) is 0 Å². The lowest BCUT2D eigenvalue weighted by Crippen LogP contribution is -2.14. The van der Waals surface area contributed by atoms with Crippen LogP contribution in [0.25, 0.3) is 27.8 Å². The molecule has 1 aliphatic rings. The van der Waals surface area contributed by atoms with E-state index in [2.05, 4.69) is 35.3 Å². The van der Waals surface area contributed by atoms with E-state index in [1.54, 1.807) is 23.0 Å². The summed E-state index contributed by atoms with van der Waals surface area (Å²) in [4.78, 5) is 9.57. The molecule has 6 heteroatoms. The number of aromatic nitrogens is 4. The lowest BCUT2D eigenvalue weighted by Gasteiger charge is -2.27. The van der Waals surface area contributed by atoms with Gasteiger partial charge in [0.2, 0.25) is 5.88 Å². The second kappa shape index (κ2) is 7.15. The molecule has 162 valence electrons. The van der Waals surface area contributed by atoms with Crippen molar-refractivity contribution in [2.24, 2.45) is 0 Å². The van der Waals surface area contributed by atoms with E-state index in [9.17, 15) is 5.11 Å². The maximum Gasteiger partial charge on any atom is 0.228 e. The summed E-state index contributed by atoms with van der Waals surface area (Å²) in [6.45, 7) is 0. The van der Waals surface area contributed by atoms with Crippen LogP contribution in [0.1, 0.15) is 22.6 Å². The molecule has 6 nitrogen and oxygen atoms in total. The van der Waals surface area contributed by atoms with Crippen LogP contribution in [0.4, 0.5) is 0 Å². The zero-order valence-electron chi connectivity index (χ0n) is 18.0. The number of benzene rings is 4. The van der Waals surface area contributed by atoms with Gasteiger partial charge < -0.3 is 9.84 Å². The van der Waals surface area contributed by atoms with Gasteiger partial charge >= 0.3 is 0 Å². The third-order valence-corrected chi connectivity index (χ3v) is 6.35. The Kier molecular flexibility index (Phi) is 3.96. The number of aromatic hydroxyl groups is 1. The molecule has 0 spiro atoms. The second-order valence-electron chi connectivity index (χ2n) is 8.36. The van der Waals surface area contributed by atoms with Crippen LogP contribution in [-0.2, 0) is 0 Å². The van der Waals surface area contributed by atoms with Crippen LogP contribution in [0, 0.1) is 0 Å². The van der Waals surface area contributed by atoms with Gasteiger partial charge in [0.05, 0.1) is 5.56 Å². The standard InChI is InChI=1S/C28H18N4O2/c33-19-13-14-22-23(15-19)34-28-25(24(22)18-8-2-1-3-9-18)27-30-26(31-32(27)16-29-28)21-12-6-10-17-7-4-5-11-20(17)21/h1-16,24,33H/t24-/m1/s1. The number of hydrogen-bond acceptors (Lipinski definition) is 5. The lowest BCUT2D eigenvalue weighted by molar-refractivity contribution is 0.422. The van der Waals surface area contributed by atoms with E-state index in [1.165, 1.54) is 0 Å². The van der Waals surface area contributed by atoms with Crippen molar-refractivity contribution in [3.63, 3.8) is 0 Å². The van der Waals surface area contributed by atoms with Gasteiger partial charge in [-0.05, 0) is 22.4 Å². The van der Waals surface area contributed by atoms with Gasteiger partial charge in [-0.2, -0.15) is 0 Å². The fourth-order valence-electron chi connectivity index (χ4n) is 4.83. The summed E-state index contributed by atoms with van der Waals surface area (Å²) in [6.07, 6.45) is 1.63. The van der Waals surface area contributed by atoms with Crippen LogP contribution in [0.15, 0.2) is 97.3 Å². The maximum absolute atomic E-state index is 10.1. The van der Waals surface area contributed by atoms with E-state index >= 15 is 0 Å². The summed E-state index contributed by atoms with van der Waals surface area (Å²) in [6, 6.07) is 29.8. The molecule has 0 bridgehead atoms. The molecule has 4 aromatic carbocycles. The summed E-state index contributed by atoms with van der Waals surface area (Å²) in [5, 5.41) is 17.1. The maximum atomic E-state index is 10.1. The Bertz CT molecular complexity index is 1700. The largest absolute Gasteiger partial charge is 0.508 e. The Balaban J connectivity index is 1.50. The highest BCUT2D eigenvalue weighted by molar-refractivity contribution is 5.95. The van der Waals surface area contributed by atoms with E-state index in [0.29, 0.717) is 23.1 Å². The first-order chi connectivity index (χ1) is 16.8. The van der Waals surface area contributed by atoms with Crippen molar-refractivity contribution in [3.05, 3.63) is 114 Å². The summed E-state index contributed by atoms with van der Waals surface area (Å²) < 4.78 is 7.87. The summed E-state index contributed by atoms with van der Waals surface area (Å²) in [5.41, 5.74) is 4.55. The highest BCUT2D eigenvalue weighted by Gasteiger charge is 2.33. The summed E-state index contributed by atoms with van der Waals surface area (Å²) in [7, 11) is 0. The number of nitrogens with zero attached hydrogens (tertiary/aromatic N) is 4. The first-order valence-corrected chi connectivity index (χ1v) is 11.1. The van der Waals surface area contributed by atoms with Crippen molar-refractivity contribution in [1.82, 2.24) is 19.6 Å². The molecule has 2 aromatic heterocycles. The lowest BCUT2D eigenvalue weighted by atomic mass is 9.84. The Hall–Kier alpha value is -4.71. The molecule has 1 N–H and O–H groups in total. The van der Waals surface area contributed by atoms with Gasteiger partial charge in [0.15, 0.2) is 11.5 Å². The van der Waals surface area contributed by atoms with Crippen molar-refractivity contribution in [1.29, 1.82) is 0 Å².